The molecule has 1 aliphatic rings. The molecule has 0 radical (unpaired) electrons. The summed E-state index contributed by atoms with van der Waals surface area (Å²) in [5, 5.41) is 0. The third-order valence-corrected chi connectivity index (χ3v) is 5.65. The standard InChI is InChI=1S/C19H23O6PS/c1-15-7-9-18(10-8-15)19(25-27(20)21)11-17-13-23-26(24-14-17)22-12-16-5-3-2-4-6-16/h2-10,17,19H,11-14H2,1H3,(H,20,21)/p-1. The fourth-order valence-corrected chi connectivity index (χ4v) is 4.26. The van der Waals surface area contributed by atoms with Gasteiger partial charge in [0.2, 0.25) is 0 Å². The maximum Gasteiger partial charge on any atom is 0.333 e. The molecule has 0 aliphatic carbocycles. The van der Waals surface area contributed by atoms with Crippen LogP contribution >= 0.6 is 8.60 Å². The van der Waals surface area contributed by atoms with Gasteiger partial charge in [-0.3, -0.25) is 4.18 Å². The van der Waals surface area contributed by atoms with E-state index >= 15 is 0 Å². The lowest BCUT2D eigenvalue weighted by molar-refractivity contribution is 0.0461. The van der Waals surface area contributed by atoms with Gasteiger partial charge in [0, 0.05) is 5.92 Å². The van der Waals surface area contributed by atoms with Crippen molar-refractivity contribution in [2.24, 2.45) is 5.92 Å². The van der Waals surface area contributed by atoms with E-state index in [9.17, 15) is 8.76 Å². The van der Waals surface area contributed by atoms with Crippen molar-refractivity contribution in [2.75, 3.05) is 13.2 Å². The Hall–Kier alpha value is -1.18. The molecule has 27 heavy (non-hydrogen) atoms. The maximum absolute atomic E-state index is 11.1. The van der Waals surface area contributed by atoms with E-state index in [1.807, 2.05) is 61.5 Å². The van der Waals surface area contributed by atoms with Crippen LogP contribution in [0.1, 0.15) is 29.2 Å². The summed E-state index contributed by atoms with van der Waals surface area (Å²) in [6.45, 7) is 3.29. The van der Waals surface area contributed by atoms with E-state index in [1.54, 1.807) is 0 Å². The van der Waals surface area contributed by atoms with E-state index in [0.29, 0.717) is 26.2 Å². The van der Waals surface area contributed by atoms with Crippen LogP contribution in [0.25, 0.3) is 0 Å². The van der Waals surface area contributed by atoms with E-state index < -0.39 is 26.1 Å². The van der Waals surface area contributed by atoms with Crippen molar-refractivity contribution in [1.29, 1.82) is 0 Å². The molecule has 0 amide bonds. The largest absolute Gasteiger partial charge is 0.750 e. The van der Waals surface area contributed by atoms with Crippen molar-refractivity contribution >= 4 is 20.0 Å². The summed E-state index contributed by atoms with van der Waals surface area (Å²) in [7, 11) is -1.38. The van der Waals surface area contributed by atoms with Crippen LogP contribution < -0.4 is 0 Å². The van der Waals surface area contributed by atoms with Crippen LogP contribution in [0.2, 0.25) is 0 Å². The number of rotatable bonds is 8. The predicted molar refractivity (Wildman–Crippen MR) is 102 cm³/mol. The maximum atomic E-state index is 11.1. The lowest BCUT2D eigenvalue weighted by Gasteiger charge is -2.30. The van der Waals surface area contributed by atoms with Crippen LogP contribution in [0.4, 0.5) is 0 Å². The molecule has 0 aromatic heterocycles. The zero-order valence-electron chi connectivity index (χ0n) is 15.0. The molecule has 1 fully saturated rings. The van der Waals surface area contributed by atoms with Gasteiger partial charge in [0.1, 0.15) is 0 Å². The fourth-order valence-electron chi connectivity index (χ4n) is 2.74. The average molecular weight is 409 g/mol. The Morgan fingerprint density at radius 1 is 1.15 bits per heavy atom. The molecular formula is C19H22O6PS-. The first kappa shape index (κ1) is 20.6. The average Bonchev–Trinajstić information content (AvgIpc) is 2.68. The van der Waals surface area contributed by atoms with Crippen molar-refractivity contribution in [2.45, 2.75) is 26.1 Å². The molecule has 2 aromatic rings. The predicted octanol–water partition coefficient (Wildman–Crippen LogP) is 4.34. The van der Waals surface area contributed by atoms with Crippen LogP contribution in [0, 0.1) is 12.8 Å². The Labute approximate surface area is 163 Å². The molecule has 1 saturated heterocycles. The molecule has 8 heteroatoms. The van der Waals surface area contributed by atoms with Crippen molar-refractivity contribution < 1.29 is 26.5 Å². The smallest absolute Gasteiger partial charge is 0.333 e. The molecule has 6 nitrogen and oxygen atoms in total. The third-order valence-electron chi connectivity index (χ3n) is 4.20. The monoisotopic (exact) mass is 409 g/mol. The molecule has 1 aliphatic heterocycles. The lowest BCUT2D eigenvalue weighted by Crippen LogP contribution is -2.23. The molecule has 0 bridgehead atoms. The van der Waals surface area contributed by atoms with Crippen LogP contribution in [0.5, 0.6) is 0 Å². The number of aryl methyl sites for hydroxylation is 1. The van der Waals surface area contributed by atoms with Gasteiger partial charge in [0.15, 0.2) is 0 Å². The molecule has 1 heterocycles. The minimum Gasteiger partial charge on any atom is -0.750 e. The topological polar surface area (TPSA) is 77.0 Å². The van der Waals surface area contributed by atoms with Crippen LogP contribution in [0.3, 0.4) is 0 Å². The second kappa shape index (κ2) is 10.4. The Kier molecular flexibility index (Phi) is 7.91. The van der Waals surface area contributed by atoms with Gasteiger partial charge >= 0.3 is 8.60 Å². The summed E-state index contributed by atoms with van der Waals surface area (Å²) in [6.07, 6.45) is -0.0745. The zero-order valence-corrected chi connectivity index (χ0v) is 16.7. The molecule has 0 spiro atoms. The molecule has 0 N–H and O–H groups in total. The summed E-state index contributed by atoms with van der Waals surface area (Å²) in [6, 6.07) is 17.5. The summed E-state index contributed by atoms with van der Waals surface area (Å²) < 4.78 is 44.3. The van der Waals surface area contributed by atoms with Gasteiger partial charge in [0.05, 0.1) is 37.3 Å². The van der Waals surface area contributed by atoms with Gasteiger partial charge in [-0.05, 0) is 24.5 Å². The Morgan fingerprint density at radius 2 is 1.81 bits per heavy atom. The van der Waals surface area contributed by atoms with Gasteiger partial charge in [-0.1, -0.05) is 60.2 Å². The molecular weight excluding hydrogens is 387 g/mol. The summed E-state index contributed by atoms with van der Waals surface area (Å²) >= 11 is -2.59. The molecule has 2 atom stereocenters. The van der Waals surface area contributed by atoms with Gasteiger partial charge in [0.25, 0.3) is 0 Å². The molecule has 0 saturated carbocycles. The first-order chi connectivity index (χ1) is 13.1. The second-order valence-electron chi connectivity index (χ2n) is 6.38. The third kappa shape index (κ3) is 6.73. The van der Waals surface area contributed by atoms with Crippen LogP contribution in [-0.4, -0.2) is 22.0 Å². The van der Waals surface area contributed by atoms with Crippen molar-refractivity contribution in [3.05, 3.63) is 71.3 Å². The van der Waals surface area contributed by atoms with Crippen LogP contribution in [0.15, 0.2) is 54.6 Å². The van der Waals surface area contributed by atoms with E-state index in [0.717, 1.165) is 16.7 Å². The highest BCUT2D eigenvalue weighted by atomic mass is 32.2. The molecule has 2 unspecified atom stereocenters. The van der Waals surface area contributed by atoms with E-state index in [-0.39, 0.29) is 5.92 Å². The van der Waals surface area contributed by atoms with Gasteiger partial charge in [-0.25, -0.2) is 4.21 Å². The highest BCUT2D eigenvalue weighted by molar-refractivity contribution is 7.74. The number of benzene rings is 2. The molecule has 146 valence electrons. The second-order valence-corrected chi connectivity index (χ2v) is 8.20. The Morgan fingerprint density at radius 3 is 2.44 bits per heavy atom. The molecule has 3 rings (SSSR count). The Bertz CT molecular complexity index is 719. The highest BCUT2D eigenvalue weighted by Gasteiger charge is 2.28. The summed E-state index contributed by atoms with van der Waals surface area (Å²) in [5.41, 5.74) is 2.98. The van der Waals surface area contributed by atoms with Crippen LogP contribution in [-0.2, 0) is 35.7 Å². The van der Waals surface area contributed by atoms with Gasteiger partial charge in [-0.2, -0.15) is 0 Å². The van der Waals surface area contributed by atoms with Gasteiger partial charge in [-0.15, -0.1) is 0 Å². The molecule has 2 aromatic carbocycles. The number of hydrogen-bond acceptors (Lipinski definition) is 6. The normalized spacial score (nSPS) is 22.3. The Balaban J connectivity index is 1.49. The SMILES string of the molecule is Cc1ccc(C(CC2COP(OCc3ccccc3)OC2)OS(=O)[O-])cc1. The highest BCUT2D eigenvalue weighted by Crippen LogP contribution is 2.45. The van der Waals surface area contributed by atoms with E-state index in [4.69, 9.17) is 17.8 Å². The summed E-state index contributed by atoms with van der Waals surface area (Å²) in [5.74, 6) is 0.0268. The first-order valence-corrected chi connectivity index (χ1v) is 10.8. The van der Waals surface area contributed by atoms with E-state index in [2.05, 4.69) is 0 Å². The first-order valence-electron chi connectivity index (χ1n) is 8.66. The number of hydrogen-bond donors (Lipinski definition) is 0. The van der Waals surface area contributed by atoms with E-state index in [1.165, 1.54) is 0 Å². The fraction of sp³-hybridized carbons (Fsp3) is 0.368. The minimum atomic E-state index is -2.59. The van der Waals surface area contributed by atoms with Crippen molar-refractivity contribution in [3.63, 3.8) is 0 Å². The minimum absolute atomic E-state index is 0.0268. The summed E-state index contributed by atoms with van der Waals surface area (Å²) in [4.78, 5) is 0. The quantitative estimate of drug-likeness (QED) is 0.477. The van der Waals surface area contributed by atoms with Gasteiger partial charge < -0.3 is 18.1 Å². The zero-order chi connectivity index (χ0) is 19.1. The lowest BCUT2D eigenvalue weighted by atomic mass is 9.97. The van der Waals surface area contributed by atoms with Crippen molar-refractivity contribution in [3.8, 4) is 0 Å². The van der Waals surface area contributed by atoms with Crippen molar-refractivity contribution in [1.82, 2.24) is 0 Å².